The van der Waals surface area contributed by atoms with Gasteiger partial charge in [-0.25, -0.2) is 8.78 Å². The molecule has 1 heterocycles. The van der Waals surface area contributed by atoms with E-state index in [0.717, 1.165) is 11.6 Å². The quantitative estimate of drug-likeness (QED) is 0.876. The molecular weight excluding hydrogens is 350 g/mol. The van der Waals surface area contributed by atoms with Gasteiger partial charge in [-0.3, -0.25) is 9.59 Å². The number of hydrogen-bond acceptors (Lipinski definition) is 2. The maximum Gasteiger partial charge on any atom is 0.255 e. The predicted octanol–water partition coefficient (Wildman–Crippen LogP) is 3.50. The van der Waals surface area contributed by atoms with Gasteiger partial charge in [0.25, 0.3) is 5.91 Å². The Morgan fingerprint density at radius 2 is 1.85 bits per heavy atom. The summed E-state index contributed by atoms with van der Waals surface area (Å²) in [7, 11) is 0. The molecule has 2 aromatic rings. The zero-order chi connectivity index (χ0) is 19.2. The lowest BCUT2D eigenvalue weighted by molar-refractivity contribution is -0.127. The maximum atomic E-state index is 13.6. The lowest BCUT2D eigenvalue weighted by atomic mass is 10.0. The number of benzene rings is 2. The summed E-state index contributed by atoms with van der Waals surface area (Å²) >= 11 is 0. The Labute approximate surface area is 156 Å². The molecule has 0 spiro atoms. The number of nitrogens with one attached hydrogen (secondary N) is 1. The minimum Gasteiger partial charge on any atom is -0.345 e. The first-order valence-corrected chi connectivity index (χ1v) is 9.11. The monoisotopic (exact) mass is 370 g/mol. The van der Waals surface area contributed by atoms with E-state index in [0.29, 0.717) is 36.9 Å². The largest absolute Gasteiger partial charge is 0.345 e. The van der Waals surface area contributed by atoms with Crippen molar-refractivity contribution in [1.82, 2.24) is 10.2 Å². The van der Waals surface area contributed by atoms with Crippen LogP contribution in [-0.4, -0.2) is 22.8 Å². The van der Waals surface area contributed by atoms with E-state index in [1.807, 2.05) is 19.1 Å². The molecule has 1 saturated carbocycles. The Kier molecular flexibility index (Phi) is 4.21. The Morgan fingerprint density at radius 3 is 2.44 bits per heavy atom. The average Bonchev–Trinajstić information content (AvgIpc) is 3.34. The first kappa shape index (κ1) is 17.6. The summed E-state index contributed by atoms with van der Waals surface area (Å²) in [5.41, 5.74) is 1.21. The van der Waals surface area contributed by atoms with E-state index >= 15 is 0 Å². The number of carbonyl (C=O) groups is 2. The fourth-order valence-corrected chi connectivity index (χ4v) is 3.84. The summed E-state index contributed by atoms with van der Waals surface area (Å²) in [6, 6.07) is 10.0. The first-order chi connectivity index (χ1) is 12.9. The number of hydrogen-bond donors (Lipinski definition) is 1. The van der Waals surface area contributed by atoms with Crippen LogP contribution in [0.2, 0.25) is 0 Å². The van der Waals surface area contributed by atoms with Gasteiger partial charge >= 0.3 is 0 Å². The van der Waals surface area contributed by atoms with Crippen molar-refractivity contribution in [2.45, 2.75) is 44.3 Å². The van der Waals surface area contributed by atoms with Crippen molar-refractivity contribution in [3.05, 3.63) is 70.8 Å². The van der Waals surface area contributed by atoms with Crippen molar-refractivity contribution in [2.24, 2.45) is 0 Å². The van der Waals surface area contributed by atoms with Gasteiger partial charge in [0.2, 0.25) is 5.91 Å². The molecule has 1 N–H and O–H groups in total. The van der Waals surface area contributed by atoms with Crippen LogP contribution in [0.4, 0.5) is 8.78 Å². The molecule has 0 saturated heterocycles. The van der Waals surface area contributed by atoms with E-state index in [4.69, 9.17) is 0 Å². The highest BCUT2D eigenvalue weighted by molar-refractivity contribution is 6.01. The van der Waals surface area contributed by atoms with Gasteiger partial charge in [-0.2, -0.15) is 0 Å². The molecule has 2 aromatic carbocycles. The summed E-state index contributed by atoms with van der Waals surface area (Å²) in [4.78, 5) is 27.2. The van der Waals surface area contributed by atoms with Gasteiger partial charge in [-0.05, 0) is 48.6 Å². The standard InChI is InChI=1S/C21H20F2N2O2/c1-2-18(25-12-13-5-3-4-6-17(13)20(25)27)19(26)24-21(7-8-21)14-9-15(22)11-16(23)10-14/h3-6,9-11,18H,2,7-8,12H2,1H3,(H,24,26). The van der Waals surface area contributed by atoms with Crippen LogP contribution < -0.4 is 5.32 Å². The lowest BCUT2D eigenvalue weighted by Gasteiger charge is -2.28. The number of nitrogens with zero attached hydrogens (tertiary/aromatic N) is 1. The van der Waals surface area contributed by atoms with Crippen LogP contribution in [0.25, 0.3) is 0 Å². The zero-order valence-electron chi connectivity index (χ0n) is 15.0. The minimum atomic E-state index is -0.747. The van der Waals surface area contributed by atoms with Crippen molar-refractivity contribution < 1.29 is 18.4 Å². The molecule has 2 aliphatic rings. The van der Waals surface area contributed by atoms with Gasteiger partial charge in [0.15, 0.2) is 0 Å². The molecule has 0 bridgehead atoms. The Balaban J connectivity index is 1.54. The highest BCUT2D eigenvalue weighted by Crippen LogP contribution is 2.46. The van der Waals surface area contributed by atoms with Crippen LogP contribution in [0.15, 0.2) is 42.5 Å². The van der Waals surface area contributed by atoms with Gasteiger partial charge in [0.1, 0.15) is 17.7 Å². The maximum absolute atomic E-state index is 13.6. The molecule has 1 unspecified atom stereocenters. The Morgan fingerprint density at radius 1 is 1.19 bits per heavy atom. The molecule has 1 aliphatic carbocycles. The van der Waals surface area contributed by atoms with E-state index < -0.39 is 23.2 Å². The molecule has 0 aromatic heterocycles. The highest BCUT2D eigenvalue weighted by Gasteiger charge is 2.48. The summed E-state index contributed by atoms with van der Waals surface area (Å²) < 4.78 is 27.2. The lowest BCUT2D eigenvalue weighted by Crippen LogP contribution is -2.49. The molecule has 140 valence electrons. The van der Waals surface area contributed by atoms with Crippen molar-refractivity contribution in [2.75, 3.05) is 0 Å². The second kappa shape index (κ2) is 6.44. The van der Waals surface area contributed by atoms with Crippen LogP contribution >= 0.6 is 0 Å². The smallest absolute Gasteiger partial charge is 0.255 e. The molecule has 4 nitrogen and oxygen atoms in total. The molecule has 1 fully saturated rings. The van der Waals surface area contributed by atoms with Gasteiger partial charge < -0.3 is 10.2 Å². The van der Waals surface area contributed by atoms with E-state index in [1.165, 1.54) is 12.1 Å². The predicted molar refractivity (Wildman–Crippen MR) is 95.8 cm³/mol. The molecular formula is C21H20F2N2O2. The van der Waals surface area contributed by atoms with Crippen LogP contribution in [0.5, 0.6) is 0 Å². The van der Waals surface area contributed by atoms with Gasteiger partial charge in [0.05, 0.1) is 5.54 Å². The van der Waals surface area contributed by atoms with E-state index in [-0.39, 0.29) is 11.8 Å². The van der Waals surface area contributed by atoms with E-state index in [2.05, 4.69) is 5.32 Å². The fraction of sp³-hybridized carbons (Fsp3) is 0.333. The molecule has 6 heteroatoms. The second-order valence-electron chi connectivity index (χ2n) is 7.24. The third-order valence-corrected chi connectivity index (χ3v) is 5.44. The van der Waals surface area contributed by atoms with Gasteiger partial charge in [-0.15, -0.1) is 0 Å². The van der Waals surface area contributed by atoms with Crippen LogP contribution in [0, 0.1) is 11.6 Å². The summed E-state index contributed by atoms with van der Waals surface area (Å²) in [6.07, 6.45) is 1.69. The number of amides is 2. The third kappa shape index (κ3) is 3.09. The number of carbonyl (C=O) groups excluding carboxylic acids is 2. The molecule has 0 radical (unpaired) electrons. The molecule has 1 atom stereocenters. The van der Waals surface area contributed by atoms with Crippen LogP contribution in [0.1, 0.15) is 47.7 Å². The van der Waals surface area contributed by atoms with Crippen LogP contribution in [-0.2, 0) is 16.9 Å². The van der Waals surface area contributed by atoms with Crippen molar-refractivity contribution in [1.29, 1.82) is 0 Å². The topological polar surface area (TPSA) is 49.4 Å². The van der Waals surface area contributed by atoms with Gasteiger partial charge in [0, 0.05) is 18.2 Å². The van der Waals surface area contributed by atoms with E-state index in [9.17, 15) is 18.4 Å². The summed E-state index contributed by atoms with van der Waals surface area (Å²) in [6.45, 7) is 2.24. The van der Waals surface area contributed by atoms with Crippen LogP contribution in [0.3, 0.4) is 0 Å². The number of rotatable bonds is 5. The minimum absolute atomic E-state index is 0.158. The summed E-state index contributed by atoms with van der Waals surface area (Å²) in [5.74, 6) is -1.78. The molecule has 27 heavy (non-hydrogen) atoms. The third-order valence-electron chi connectivity index (χ3n) is 5.44. The van der Waals surface area contributed by atoms with Crippen molar-refractivity contribution in [3.63, 3.8) is 0 Å². The van der Waals surface area contributed by atoms with E-state index in [1.54, 1.807) is 17.0 Å². The Hall–Kier alpha value is -2.76. The molecule has 4 rings (SSSR count). The average molecular weight is 370 g/mol. The highest BCUT2D eigenvalue weighted by atomic mass is 19.1. The van der Waals surface area contributed by atoms with Crippen molar-refractivity contribution in [3.8, 4) is 0 Å². The molecule has 1 aliphatic heterocycles. The Bertz CT molecular complexity index is 904. The van der Waals surface area contributed by atoms with Crippen molar-refractivity contribution >= 4 is 11.8 Å². The SMILES string of the molecule is CCC(C(=O)NC1(c2cc(F)cc(F)c2)CC1)N1Cc2ccccc2C1=O. The second-order valence-corrected chi connectivity index (χ2v) is 7.24. The summed E-state index contributed by atoms with van der Waals surface area (Å²) in [5, 5.41) is 2.95. The molecule has 2 amide bonds. The number of halogens is 2. The normalized spacial score (nSPS) is 18.2. The first-order valence-electron chi connectivity index (χ1n) is 9.11. The fourth-order valence-electron chi connectivity index (χ4n) is 3.84. The number of fused-ring (bicyclic) bond motifs is 1. The zero-order valence-corrected chi connectivity index (χ0v) is 15.0. The van der Waals surface area contributed by atoms with Gasteiger partial charge in [-0.1, -0.05) is 25.1 Å².